The summed E-state index contributed by atoms with van der Waals surface area (Å²) in [6.45, 7) is 12.0. The van der Waals surface area contributed by atoms with Crippen LogP contribution in [-0.4, -0.2) is 24.0 Å². The van der Waals surface area contributed by atoms with E-state index in [0.29, 0.717) is 0 Å². The van der Waals surface area contributed by atoms with Gasteiger partial charge in [0.1, 0.15) is 0 Å². The highest BCUT2D eigenvalue weighted by Gasteiger charge is 2.42. The second kappa shape index (κ2) is 6.05. The van der Waals surface area contributed by atoms with E-state index in [0.717, 1.165) is 29.8 Å². The summed E-state index contributed by atoms with van der Waals surface area (Å²) in [5, 5.41) is 0. The van der Waals surface area contributed by atoms with Gasteiger partial charge in [-0.1, -0.05) is 47.5 Å². The lowest BCUT2D eigenvalue weighted by Crippen LogP contribution is -2.56. The molecule has 1 aliphatic rings. The van der Waals surface area contributed by atoms with Crippen LogP contribution in [0.1, 0.15) is 60.3 Å². The van der Waals surface area contributed by atoms with E-state index in [4.69, 9.17) is 0 Å². The first kappa shape index (κ1) is 14.0. The number of piperidine rings is 1. The second-order valence-corrected chi connectivity index (χ2v) is 5.62. The molecule has 1 rings (SSSR count). The average molecular weight is 225 g/mol. The fourth-order valence-electron chi connectivity index (χ4n) is 4.34. The zero-order chi connectivity index (χ0) is 12.3. The minimum atomic E-state index is 0.813. The van der Waals surface area contributed by atoms with Gasteiger partial charge in [-0.3, -0.25) is 4.90 Å². The molecule has 0 aromatic heterocycles. The molecule has 16 heavy (non-hydrogen) atoms. The van der Waals surface area contributed by atoms with Crippen molar-refractivity contribution in [1.29, 1.82) is 0 Å². The van der Waals surface area contributed by atoms with Gasteiger partial charge in [-0.15, -0.1) is 0 Å². The highest BCUT2D eigenvalue weighted by molar-refractivity contribution is 4.94. The van der Waals surface area contributed by atoms with Crippen LogP contribution in [0.5, 0.6) is 0 Å². The van der Waals surface area contributed by atoms with E-state index in [2.05, 4.69) is 46.6 Å². The van der Waals surface area contributed by atoms with E-state index in [9.17, 15) is 0 Å². The molecule has 0 N–H and O–H groups in total. The fraction of sp³-hybridized carbons (Fsp3) is 1.00. The normalized spacial score (nSPS) is 41.2. The molecule has 1 heterocycles. The quantitative estimate of drug-likeness (QED) is 0.694. The lowest BCUT2D eigenvalue weighted by molar-refractivity contribution is -0.0296. The molecule has 1 saturated heterocycles. The monoisotopic (exact) mass is 225 g/mol. The maximum atomic E-state index is 2.70. The van der Waals surface area contributed by atoms with E-state index in [-0.39, 0.29) is 0 Å². The van der Waals surface area contributed by atoms with Crippen LogP contribution in [-0.2, 0) is 0 Å². The van der Waals surface area contributed by atoms with Gasteiger partial charge in [0.25, 0.3) is 0 Å². The Bertz CT molecular complexity index is 160. The van der Waals surface area contributed by atoms with Crippen LogP contribution in [0, 0.1) is 17.8 Å². The molecule has 0 bridgehead atoms. The molecule has 1 aliphatic heterocycles. The molecule has 0 radical (unpaired) electrons. The molecule has 0 spiro atoms. The number of hydrogen-bond donors (Lipinski definition) is 0. The van der Waals surface area contributed by atoms with Crippen molar-refractivity contribution in [1.82, 2.24) is 4.90 Å². The van der Waals surface area contributed by atoms with Crippen LogP contribution in [0.2, 0.25) is 0 Å². The molecule has 0 aromatic rings. The Balaban J connectivity index is 2.92. The minimum absolute atomic E-state index is 0.813. The van der Waals surface area contributed by atoms with E-state index < -0.39 is 0 Å². The van der Waals surface area contributed by atoms with Gasteiger partial charge in [0.2, 0.25) is 0 Å². The predicted molar refractivity (Wildman–Crippen MR) is 72.6 cm³/mol. The molecule has 4 atom stereocenters. The zero-order valence-corrected chi connectivity index (χ0v) is 12.2. The molecule has 1 heteroatoms. The SMILES string of the molecule is CCC1C(C)C(CC)C(CC)N(C)C1CC. The van der Waals surface area contributed by atoms with Gasteiger partial charge in [-0.05, 0) is 37.6 Å². The number of nitrogens with zero attached hydrogens (tertiary/aromatic N) is 1. The Morgan fingerprint density at radius 2 is 1.12 bits per heavy atom. The molecule has 0 saturated carbocycles. The van der Waals surface area contributed by atoms with Gasteiger partial charge in [0.05, 0.1) is 0 Å². The summed E-state index contributed by atoms with van der Waals surface area (Å²) < 4.78 is 0. The Morgan fingerprint density at radius 3 is 1.38 bits per heavy atom. The van der Waals surface area contributed by atoms with Crippen LogP contribution < -0.4 is 0 Å². The lowest BCUT2D eigenvalue weighted by Gasteiger charge is -2.52. The minimum Gasteiger partial charge on any atom is -0.300 e. The highest BCUT2D eigenvalue weighted by atomic mass is 15.2. The van der Waals surface area contributed by atoms with Gasteiger partial charge in [-0.25, -0.2) is 0 Å². The van der Waals surface area contributed by atoms with Crippen molar-refractivity contribution in [2.75, 3.05) is 7.05 Å². The Labute approximate surface area is 103 Å². The predicted octanol–water partition coefficient (Wildman–Crippen LogP) is 4.18. The molecule has 4 unspecified atom stereocenters. The topological polar surface area (TPSA) is 3.24 Å². The summed E-state index contributed by atoms with van der Waals surface area (Å²) in [5.41, 5.74) is 0. The summed E-state index contributed by atoms with van der Waals surface area (Å²) in [5.74, 6) is 2.71. The van der Waals surface area contributed by atoms with Crippen molar-refractivity contribution in [3.63, 3.8) is 0 Å². The van der Waals surface area contributed by atoms with E-state index in [1.165, 1.54) is 25.7 Å². The van der Waals surface area contributed by atoms with Gasteiger partial charge >= 0.3 is 0 Å². The molecular weight excluding hydrogens is 194 g/mol. The van der Waals surface area contributed by atoms with Crippen molar-refractivity contribution in [2.45, 2.75) is 72.4 Å². The number of hydrogen-bond acceptors (Lipinski definition) is 1. The third-order valence-corrected chi connectivity index (χ3v) is 5.16. The fourth-order valence-corrected chi connectivity index (χ4v) is 4.34. The van der Waals surface area contributed by atoms with Gasteiger partial charge < -0.3 is 0 Å². The van der Waals surface area contributed by atoms with Crippen molar-refractivity contribution in [2.24, 2.45) is 17.8 Å². The van der Waals surface area contributed by atoms with Gasteiger partial charge in [-0.2, -0.15) is 0 Å². The van der Waals surface area contributed by atoms with E-state index in [1.54, 1.807) is 0 Å². The lowest BCUT2D eigenvalue weighted by atomic mass is 9.67. The first-order valence-corrected chi connectivity index (χ1v) is 7.34. The summed E-state index contributed by atoms with van der Waals surface area (Å²) >= 11 is 0. The standard InChI is InChI=1S/C15H31N/c1-7-12-11(5)13(8-2)15(10-4)16(6)14(12)9-3/h11-15H,7-10H2,1-6H3. The largest absolute Gasteiger partial charge is 0.300 e. The third kappa shape index (κ3) is 2.30. The first-order chi connectivity index (χ1) is 7.62. The van der Waals surface area contributed by atoms with E-state index >= 15 is 0 Å². The maximum Gasteiger partial charge on any atom is 0.0123 e. The Kier molecular flexibility index (Phi) is 5.30. The van der Waals surface area contributed by atoms with Crippen LogP contribution >= 0.6 is 0 Å². The molecule has 0 aromatic carbocycles. The summed E-state index contributed by atoms with van der Waals surface area (Å²) in [6, 6.07) is 1.63. The molecule has 96 valence electrons. The zero-order valence-electron chi connectivity index (χ0n) is 12.2. The van der Waals surface area contributed by atoms with Crippen LogP contribution in [0.25, 0.3) is 0 Å². The molecule has 0 amide bonds. The summed E-state index contributed by atoms with van der Waals surface area (Å²) in [4.78, 5) is 2.70. The second-order valence-electron chi connectivity index (χ2n) is 5.62. The van der Waals surface area contributed by atoms with Crippen LogP contribution in [0.4, 0.5) is 0 Å². The van der Waals surface area contributed by atoms with Crippen LogP contribution in [0.15, 0.2) is 0 Å². The Hall–Kier alpha value is -0.0400. The maximum absolute atomic E-state index is 2.70. The summed E-state index contributed by atoms with van der Waals surface area (Å²) in [7, 11) is 2.36. The van der Waals surface area contributed by atoms with Crippen molar-refractivity contribution >= 4 is 0 Å². The smallest absolute Gasteiger partial charge is 0.0123 e. The highest BCUT2D eigenvalue weighted by Crippen LogP contribution is 2.41. The average Bonchev–Trinajstić information content (AvgIpc) is 2.30. The van der Waals surface area contributed by atoms with Crippen LogP contribution in [0.3, 0.4) is 0 Å². The van der Waals surface area contributed by atoms with E-state index in [1.807, 2.05) is 0 Å². The number of likely N-dealkylation sites (tertiary alicyclic amines) is 1. The molecule has 1 nitrogen and oxygen atoms in total. The van der Waals surface area contributed by atoms with Gasteiger partial charge in [0, 0.05) is 12.1 Å². The molecule has 0 aliphatic carbocycles. The first-order valence-electron chi connectivity index (χ1n) is 7.34. The molecule has 1 fully saturated rings. The van der Waals surface area contributed by atoms with Crippen molar-refractivity contribution in [3.05, 3.63) is 0 Å². The van der Waals surface area contributed by atoms with Gasteiger partial charge in [0.15, 0.2) is 0 Å². The molecular formula is C15H31N. The van der Waals surface area contributed by atoms with Crippen molar-refractivity contribution < 1.29 is 0 Å². The number of rotatable bonds is 4. The van der Waals surface area contributed by atoms with Crippen molar-refractivity contribution in [3.8, 4) is 0 Å². The summed E-state index contributed by atoms with van der Waals surface area (Å²) in [6.07, 6.45) is 5.31. The third-order valence-electron chi connectivity index (χ3n) is 5.16. The Morgan fingerprint density at radius 1 is 0.750 bits per heavy atom.